The van der Waals surface area contributed by atoms with Crippen molar-refractivity contribution in [2.75, 3.05) is 13.2 Å². The summed E-state index contributed by atoms with van der Waals surface area (Å²) in [7, 11) is 0. The van der Waals surface area contributed by atoms with Crippen molar-refractivity contribution in [3.8, 4) is 0 Å². The second-order valence-corrected chi connectivity index (χ2v) is 5.26. The average molecular weight is 269 g/mol. The number of ether oxygens (including phenoxy) is 2. The Balaban J connectivity index is 2.34. The predicted molar refractivity (Wildman–Crippen MR) is 58.0 cm³/mol. The van der Waals surface area contributed by atoms with Crippen LogP contribution in [0.25, 0.3) is 0 Å². The Labute approximate surface area is 104 Å². The summed E-state index contributed by atoms with van der Waals surface area (Å²) in [5.74, 6) is -0.450. The van der Waals surface area contributed by atoms with E-state index in [0.717, 1.165) is 0 Å². The average Bonchev–Trinajstić information content (AvgIpc) is 2.13. The van der Waals surface area contributed by atoms with Crippen LogP contribution in [-0.2, 0) is 14.3 Å². The molecule has 18 heavy (non-hydrogen) atoms. The van der Waals surface area contributed by atoms with Crippen molar-refractivity contribution >= 4 is 5.97 Å². The zero-order valence-corrected chi connectivity index (χ0v) is 10.6. The standard InChI is InChI=1S/C11H18F3NO3/c1-10(2,3)18-9(16)4-7-6-17-8(5-15-7)11(12,13)14/h7-8,15H,4-6H2,1-3H3. The second kappa shape index (κ2) is 5.44. The largest absolute Gasteiger partial charge is 0.460 e. The minimum absolute atomic E-state index is 0.00183. The number of carbonyl (C=O) groups excluding carboxylic acids is 1. The summed E-state index contributed by atoms with van der Waals surface area (Å²) in [6.07, 6.45) is -6.17. The van der Waals surface area contributed by atoms with Gasteiger partial charge in [0.15, 0.2) is 6.10 Å². The fourth-order valence-corrected chi connectivity index (χ4v) is 1.55. The summed E-state index contributed by atoms with van der Waals surface area (Å²) in [6, 6.07) is -0.432. The Morgan fingerprint density at radius 2 is 2.00 bits per heavy atom. The smallest absolute Gasteiger partial charge is 0.415 e. The van der Waals surface area contributed by atoms with Gasteiger partial charge in [0.05, 0.1) is 13.0 Å². The number of hydrogen-bond donors (Lipinski definition) is 1. The van der Waals surface area contributed by atoms with Crippen molar-refractivity contribution in [2.24, 2.45) is 0 Å². The second-order valence-electron chi connectivity index (χ2n) is 5.26. The quantitative estimate of drug-likeness (QED) is 0.774. The van der Waals surface area contributed by atoms with Gasteiger partial charge in [0, 0.05) is 12.6 Å². The molecule has 0 spiro atoms. The summed E-state index contributed by atoms with van der Waals surface area (Å²) >= 11 is 0. The lowest BCUT2D eigenvalue weighted by Crippen LogP contribution is -2.52. The lowest BCUT2D eigenvalue weighted by molar-refractivity contribution is -0.229. The highest BCUT2D eigenvalue weighted by Gasteiger charge is 2.43. The molecule has 0 aliphatic carbocycles. The van der Waals surface area contributed by atoms with Gasteiger partial charge in [-0.05, 0) is 20.8 Å². The number of hydrogen-bond acceptors (Lipinski definition) is 4. The number of morpholine rings is 1. The monoisotopic (exact) mass is 269 g/mol. The van der Waals surface area contributed by atoms with Crippen molar-refractivity contribution in [1.29, 1.82) is 0 Å². The maximum Gasteiger partial charge on any atom is 0.415 e. The van der Waals surface area contributed by atoms with Gasteiger partial charge in [0.25, 0.3) is 0 Å². The van der Waals surface area contributed by atoms with Crippen molar-refractivity contribution in [3.63, 3.8) is 0 Å². The number of carbonyl (C=O) groups is 1. The number of rotatable bonds is 2. The van der Waals surface area contributed by atoms with Crippen molar-refractivity contribution in [2.45, 2.75) is 51.1 Å². The van der Waals surface area contributed by atoms with Gasteiger partial charge in [-0.15, -0.1) is 0 Å². The van der Waals surface area contributed by atoms with Crippen LogP contribution in [0.1, 0.15) is 27.2 Å². The maximum atomic E-state index is 12.3. The first kappa shape index (κ1) is 15.2. The van der Waals surface area contributed by atoms with Crippen LogP contribution in [0.5, 0.6) is 0 Å². The van der Waals surface area contributed by atoms with Crippen LogP contribution in [0, 0.1) is 0 Å². The first-order chi connectivity index (χ1) is 8.08. The lowest BCUT2D eigenvalue weighted by Gasteiger charge is -2.31. The molecule has 1 aliphatic rings. The normalized spacial score (nSPS) is 25.9. The molecule has 1 fully saturated rings. The molecule has 1 heterocycles. The van der Waals surface area contributed by atoms with E-state index >= 15 is 0 Å². The highest BCUT2D eigenvalue weighted by atomic mass is 19.4. The zero-order valence-electron chi connectivity index (χ0n) is 10.6. The summed E-state index contributed by atoms with van der Waals surface area (Å²) in [6.45, 7) is 4.71. The van der Waals surface area contributed by atoms with E-state index < -0.39 is 29.9 Å². The maximum absolute atomic E-state index is 12.3. The summed E-state index contributed by atoms with van der Waals surface area (Å²) in [4.78, 5) is 11.5. The molecular formula is C11H18F3NO3. The molecule has 0 radical (unpaired) electrons. The molecule has 7 heteroatoms. The van der Waals surface area contributed by atoms with Gasteiger partial charge < -0.3 is 14.8 Å². The summed E-state index contributed by atoms with van der Waals surface area (Å²) in [5.41, 5.74) is -0.596. The van der Waals surface area contributed by atoms with Crippen LogP contribution >= 0.6 is 0 Å². The topological polar surface area (TPSA) is 47.6 Å². The molecule has 1 saturated heterocycles. The Morgan fingerprint density at radius 3 is 2.39 bits per heavy atom. The molecule has 0 aromatic rings. The molecule has 0 amide bonds. The van der Waals surface area contributed by atoms with Crippen LogP contribution in [0.2, 0.25) is 0 Å². The Morgan fingerprint density at radius 1 is 1.39 bits per heavy atom. The number of alkyl halides is 3. The molecule has 1 aliphatic heterocycles. The zero-order chi connectivity index (χ0) is 14.0. The first-order valence-electron chi connectivity index (χ1n) is 5.71. The molecule has 0 aromatic heterocycles. The molecule has 1 N–H and O–H groups in total. The highest BCUT2D eigenvalue weighted by molar-refractivity contribution is 5.70. The fourth-order valence-electron chi connectivity index (χ4n) is 1.55. The minimum Gasteiger partial charge on any atom is -0.460 e. The third-order valence-electron chi connectivity index (χ3n) is 2.29. The van der Waals surface area contributed by atoms with E-state index in [4.69, 9.17) is 9.47 Å². The van der Waals surface area contributed by atoms with Gasteiger partial charge in [-0.25, -0.2) is 0 Å². The van der Waals surface area contributed by atoms with Crippen molar-refractivity contribution in [1.82, 2.24) is 5.32 Å². The third-order valence-corrected chi connectivity index (χ3v) is 2.29. The fraction of sp³-hybridized carbons (Fsp3) is 0.909. The Bertz CT molecular complexity index is 291. The molecule has 1 rings (SSSR count). The van der Waals surface area contributed by atoms with Crippen LogP contribution in [-0.4, -0.2) is 43.0 Å². The van der Waals surface area contributed by atoms with Crippen molar-refractivity contribution < 1.29 is 27.4 Å². The van der Waals surface area contributed by atoms with Gasteiger partial charge in [0.2, 0.25) is 0 Å². The molecule has 2 unspecified atom stereocenters. The van der Waals surface area contributed by atoms with Crippen LogP contribution in [0.15, 0.2) is 0 Å². The van der Waals surface area contributed by atoms with Gasteiger partial charge in [-0.2, -0.15) is 13.2 Å². The predicted octanol–water partition coefficient (Wildman–Crippen LogP) is 1.64. The van der Waals surface area contributed by atoms with Crippen LogP contribution in [0.3, 0.4) is 0 Å². The summed E-state index contributed by atoms with van der Waals surface area (Å²) in [5, 5.41) is 2.65. The van der Waals surface area contributed by atoms with Gasteiger partial charge in [-0.1, -0.05) is 0 Å². The number of halogens is 3. The van der Waals surface area contributed by atoms with E-state index in [1.807, 2.05) is 0 Å². The van der Waals surface area contributed by atoms with Crippen LogP contribution in [0.4, 0.5) is 13.2 Å². The summed E-state index contributed by atoms with van der Waals surface area (Å²) < 4.78 is 46.7. The molecule has 4 nitrogen and oxygen atoms in total. The number of nitrogens with one attached hydrogen (secondary N) is 1. The lowest BCUT2D eigenvalue weighted by atomic mass is 10.1. The molecular weight excluding hydrogens is 251 g/mol. The van der Waals surface area contributed by atoms with Gasteiger partial charge in [-0.3, -0.25) is 4.79 Å². The highest BCUT2D eigenvalue weighted by Crippen LogP contribution is 2.24. The van der Waals surface area contributed by atoms with E-state index in [1.165, 1.54) is 0 Å². The minimum atomic E-state index is -4.37. The molecule has 106 valence electrons. The molecule has 0 saturated carbocycles. The SMILES string of the molecule is CC(C)(C)OC(=O)CC1COC(C(F)(F)F)CN1. The van der Waals surface area contributed by atoms with Gasteiger partial charge >= 0.3 is 12.1 Å². The number of esters is 1. The van der Waals surface area contributed by atoms with E-state index in [1.54, 1.807) is 20.8 Å². The van der Waals surface area contributed by atoms with Crippen molar-refractivity contribution in [3.05, 3.63) is 0 Å². The first-order valence-corrected chi connectivity index (χ1v) is 5.71. The van der Waals surface area contributed by atoms with E-state index in [0.29, 0.717) is 0 Å². The van der Waals surface area contributed by atoms with E-state index in [2.05, 4.69) is 5.32 Å². The van der Waals surface area contributed by atoms with Gasteiger partial charge in [0.1, 0.15) is 5.60 Å². The Kier molecular flexibility index (Phi) is 4.61. The molecule has 0 aromatic carbocycles. The third kappa shape index (κ3) is 5.22. The van der Waals surface area contributed by atoms with Crippen LogP contribution < -0.4 is 5.32 Å². The molecule has 0 bridgehead atoms. The van der Waals surface area contributed by atoms with E-state index in [9.17, 15) is 18.0 Å². The Hall–Kier alpha value is -0.820. The van der Waals surface area contributed by atoms with E-state index in [-0.39, 0.29) is 19.6 Å². The molecule has 2 atom stereocenters.